The summed E-state index contributed by atoms with van der Waals surface area (Å²) in [5.74, 6) is 0.565. The van der Waals surface area contributed by atoms with Crippen molar-refractivity contribution in [2.24, 2.45) is 10.7 Å². The number of nitrogens with two attached hydrogens (primary N) is 1. The van der Waals surface area contributed by atoms with Crippen LogP contribution in [0.15, 0.2) is 42.0 Å². The minimum Gasteiger partial charge on any atom is -0.404 e. The smallest absolute Gasteiger partial charge is 0.390 e. The Labute approximate surface area is 187 Å². The van der Waals surface area contributed by atoms with E-state index in [9.17, 15) is 18.4 Å². The highest BCUT2D eigenvalue weighted by Crippen LogP contribution is 2.34. The Morgan fingerprint density at radius 2 is 2.18 bits per heavy atom. The second-order valence-electron chi connectivity index (χ2n) is 7.94. The van der Waals surface area contributed by atoms with E-state index in [1.165, 1.54) is 6.20 Å². The second-order valence-corrected chi connectivity index (χ2v) is 7.94. The topological polar surface area (TPSA) is 113 Å². The van der Waals surface area contributed by atoms with Gasteiger partial charge in [0, 0.05) is 69.3 Å². The fraction of sp³-hybridized carbons (Fsp3) is 0.381. The molecule has 0 radical (unpaired) electrons. The lowest BCUT2D eigenvalue weighted by atomic mass is 9.86. The third kappa shape index (κ3) is 4.45. The minimum atomic E-state index is -4.21. The summed E-state index contributed by atoms with van der Waals surface area (Å²) in [6, 6.07) is 3.93. The first-order chi connectivity index (χ1) is 15.8. The van der Waals surface area contributed by atoms with Crippen LogP contribution >= 0.6 is 0 Å². The molecular weight excluding hydrogens is 435 g/mol. The molecule has 33 heavy (non-hydrogen) atoms. The van der Waals surface area contributed by atoms with Crippen molar-refractivity contribution < 1.29 is 13.2 Å². The Balaban J connectivity index is 1.65. The highest BCUT2D eigenvalue weighted by molar-refractivity contribution is 6.09. The van der Waals surface area contributed by atoms with E-state index in [4.69, 9.17) is 10.7 Å². The van der Waals surface area contributed by atoms with Gasteiger partial charge in [0.05, 0.1) is 36.4 Å². The van der Waals surface area contributed by atoms with Gasteiger partial charge in [-0.15, -0.1) is 0 Å². The Morgan fingerprint density at radius 1 is 1.39 bits per heavy atom. The summed E-state index contributed by atoms with van der Waals surface area (Å²) >= 11 is 0. The van der Waals surface area contributed by atoms with Crippen LogP contribution in [0.3, 0.4) is 0 Å². The van der Waals surface area contributed by atoms with Crippen molar-refractivity contribution in [1.82, 2.24) is 29.0 Å². The molecule has 0 aliphatic carbocycles. The number of rotatable bonds is 7. The molecule has 4 heterocycles. The number of imidazole rings is 1. The molecule has 2 N–H and O–H groups in total. The molecule has 0 saturated carbocycles. The van der Waals surface area contributed by atoms with Gasteiger partial charge in [-0.3, -0.25) is 19.0 Å². The van der Waals surface area contributed by atoms with Crippen LogP contribution in [0.4, 0.5) is 13.2 Å². The Hall–Kier alpha value is -3.72. The predicted octanol–water partition coefficient (Wildman–Crippen LogP) is 2.47. The number of nitriles is 1. The van der Waals surface area contributed by atoms with Gasteiger partial charge in [0.15, 0.2) is 0 Å². The quantitative estimate of drug-likeness (QED) is 0.546. The zero-order chi connectivity index (χ0) is 23.6. The third-order valence-electron chi connectivity index (χ3n) is 5.62. The average molecular weight is 457 g/mol. The molecule has 12 heteroatoms. The van der Waals surface area contributed by atoms with Crippen LogP contribution in [-0.4, -0.2) is 68.1 Å². The lowest BCUT2D eigenvalue weighted by Gasteiger charge is -2.49. The molecule has 1 fully saturated rings. The largest absolute Gasteiger partial charge is 0.404 e. The van der Waals surface area contributed by atoms with Gasteiger partial charge in [-0.2, -0.15) is 23.5 Å². The van der Waals surface area contributed by atoms with E-state index < -0.39 is 18.1 Å². The van der Waals surface area contributed by atoms with Crippen LogP contribution in [-0.2, 0) is 5.54 Å². The van der Waals surface area contributed by atoms with Crippen LogP contribution in [0.5, 0.6) is 0 Å². The molecule has 172 valence electrons. The number of halogens is 3. The first kappa shape index (κ1) is 22.5. The van der Waals surface area contributed by atoms with Crippen molar-refractivity contribution in [3.8, 4) is 17.5 Å². The fourth-order valence-corrected chi connectivity index (χ4v) is 4.02. The molecular formula is C21H22F3N9. The Kier molecular flexibility index (Phi) is 5.90. The predicted molar refractivity (Wildman–Crippen MR) is 116 cm³/mol. The second kappa shape index (κ2) is 8.67. The van der Waals surface area contributed by atoms with E-state index in [1.54, 1.807) is 58.1 Å². The molecule has 0 amide bonds. The zero-order valence-electron chi connectivity index (χ0n) is 17.9. The minimum absolute atomic E-state index is 0.1000. The lowest BCUT2D eigenvalue weighted by Crippen LogP contribution is -2.63. The number of hydrogen-bond donors (Lipinski definition) is 1. The van der Waals surface area contributed by atoms with Gasteiger partial charge in [0.2, 0.25) is 0 Å². The Bertz CT molecular complexity index is 1240. The van der Waals surface area contributed by atoms with Gasteiger partial charge in [-0.25, -0.2) is 9.97 Å². The van der Waals surface area contributed by atoms with Crippen LogP contribution < -0.4 is 5.73 Å². The summed E-state index contributed by atoms with van der Waals surface area (Å²) in [7, 11) is 1.63. The van der Waals surface area contributed by atoms with E-state index in [1.807, 2.05) is 0 Å². The molecule has 0 atom stereocenters. The SMILES string of the molecule is CN=CC(=CN)c1cc2nccn2c(-c2cnn(C3(CC#N)CN(CCC(F)(F)F)C3)c2)n1. The van der Waals surface area contributed by atoms with Crippen molar-refractivity contribution >= 4 is 17.4 Å². The molecule has 0 aromatic carbocycles. The van der Waals surface area contributed by atoms with E-state index in [-0.39, 0.29) is 13.0 Å². The zero-order valence-corrected chi connectivity index (χ0v) is 17.9. The molecule has 0 spiro atoms. The van der Waals surface area contributed by atoms with Gasteiger partial charge in [0.1, 0.15) is 17.0 Å². The molecule has 1 saturated heterocycles. The molecule has 3 aromatic rings. The first-order valence-corrected chi connectivity index (χ1v) is 10.2. The van der Waals surface area contributed by atoms with Crippen LogP contribution in [0.1, 0.15) is 18.5 Å². The van der Waals surface area contributed by atoms with Crippen molar-refractivity contribution in [2.45, 2.75) is 24.6 Å². The molecule has 0 unspecified atom stereocenters. The summed E-state index contributed by atoms with van der Waals surface area (Å²) in [5, 5.41) is 13.8. The van der Waals surface area contributed by atoms with E-state index in [0.29, 0.717) is 41.4 Å². The normalized spacial score (nSPS) is 16.9. The maximum absolute atomic E-state index is 12.6. The highest BCUT2D eigenvalue weighted by atomic mass is 19.4. The molecule has 1 aliphatic rings. The number of fused-ring (bicyclic) bond motifs is 1. The summed E-state index contributed by atoms with van der Waals surface area (Å²) in [6.45, 7) is 0.536. The number of allylic oxidation sites excluding steroid dienone is 1. The monoisotopic (exact) mass is 457 g/mol. The average Bonchev–Trinajstić information content (AvgIpc) is 3.42. The highest BCUT2D eigenvalue weighted by Gasteiger charge is 2.46. The van der Waals surface area contributed by atoms with Crippen molar-refractivity contribution in [1.29, 1.82) is 5.26 Å². The third-order valence-corrected chi connectivity index (χ3v) is 5.62. The van der Waals surface area contributed by atoms with E-state index in [0.717, 1.165) is 0 Å². The summed E-state index contributed by atoms with van der Waals surface area (Å²) < 4.78 is 41.2. The van der Waals surface area contributed by atoms with Gasteiger partial charge < -0.3 is 5.73 Å². The Morgan fingerprint density at radius 3 is 2.85 bits per heavy atom. The maximum atomic E-state index is 12.6. The molecule has 9 nitrogen and oxygen atoms in total. The van der Waals surface area contributed by atoms with Gasteiger partial charge in [-0.1, -0.05) is 0 Å². The summed E-state index contributed by atoms with van der Waals surface area (Å²) in [6.07, 6.45) is 4.87. The number of hydrogen-bond acceptors (Lipinski definition) is 7. The molecule has 0 bridgehead atoms. The molecule has 4 rings (SSSR count). The maximum Gasteiger partial charge on any atom is 0.390 e. The molecule has 3 aromatic heterocycles. The number of nitrogens with zero attached hydrogens (tertiary/aromatic N) is 8. The number of likely N-dealkylation sites (tertiary alicyclic amines) is 1. The fourth-order valence-electron chi connectivity index (χ4n) is 4.02. The number of alkyl halides is 3. The van der Waals surface area contributed by atoms with Crippen molar-refractivity contribution in [3.63, 3.8) is 0 Å². The number of aromatic nitrogens is 5. The summed E-state index contributed by atoms with van der Waals surface area (Å²) in [5.41, 5.74) is 7.60. The van der Waals surface area contributed by atoms with Gasteiger partial charge >= 0.3 is 6.18 Å². The van der Waals surface area contributed by atoms with E-state index in [2.05, 4.69) is 21.1 Å². The van der Waals surface area contributed by atoms with Crippen molar-refractivity contribution in [2.75, 3.05) is 26.7 Å². The van der Waals surface area contributed by atoms with Gasteiger partial charge in [-0.05, 0) is 0 Å². The standard InChI is InChI=1S/C21H22F3N9/c1-27-10-15(9-26)17-8-18-28-5-7-32(18)19(30-17)16-11-29-33(12-16)20(2-4-25)13-31(14-20)6-3-21(22,23)24/h5,7-12H,2-3,6,13-14,26H2,1H3. The van der Waals surface area contributed by atoms with Crippen LogP contribution in [0.25, 0.3) is 22.6 Å². The van der Waals surface area contributed by atoms with Crippen LogP contribution in [0.2, 0.25) is 0 Å². The van der Waals surface area contributed by atoms with E-state index >= 15 is 0 Å². The molecule has 1 aliphatic heterocycles. The van der Waals surface area contributed by atoms with Crippen molar-refractivity contribution in [3.05, 3.63) is 42.7 Å². The van der Waals surface area contributed by atoms with Crippen LogP contribution in [0, 0.1) is 11.3 Å². The lowest BCUT2D eigenvalue weighted by molar-refractivity contribution is -0.144. The van der Waals surface area contributed by atoms with Gasteiger partial charge in [0.25, 0.3) is 0 Å². The first-order valence-electron chi connectivity index (χ1n) is 10.2. The number of aliphatic imine (C=N–C) groups is 1. The summed E-state index contributed by atoms with van der Waals surface area (Å²) in [4.78, 5) is 14.8.